The van der Waals surface area contributed by atoms with E-state index in [1.165, 1.54) is 18.5 Å². The fraction of sp³-hybridized carbons (Fsp3) is 0.333. The lowest BCUT2D eigenvalue weighted by atomic mass is 10.2. The fourth-order valence-corrected chi connectivity index (χ4v) is 2.84. The van der Waals surface area contributed by atoms with Crippen molar-refractivity contribution in [2.75, 3.05) is 19.6 Å². The van der Waals surface area contributed by atoms with E-state index in [1.807, 2.05) is 0 Å². The number of hydrogen-bond acceptors (Lipinski definition) is 6. The van der Waals surface area contributed by atoms with Crippen molar-refractivity contribution >= 4 is 11.6 Å². The number of nitro groups is 1. The summed E-state index contributed by atoms with van der Waals surface area (Å²) in [5.41, 5.74) is 0.217. The van der Waals surface area contributed by atoms with Crippen LogP contribution in [0.2, 0.25) is 0 Å². The third-order valence-electron chi connectivity index (χ3n) is 4.25. The molecule has 2 aromatic rings. The van der Waals surface area contributed by atoms with Crippen LogP contribution in [0, 0.1) is 15.9 Å². The summed E-state index contributed by atoms with van der Waals surface area (Å²) in [5.74, 6) is -0.770. The molecule has 0 radical (unpaired) electrons. The molecule has 0 bridgehead atoms. The van der Waals surface area contributed by atoms with Gasteiger partial charge >= 0.3 is 0 Å². The van der Waals surface area contributed by atoms with Gasteiger partial charge < -0.3 is 10.1 Å². The molecule has 1 fully saturated rings. The molecule has 1 amide bonds. The number of benzene rings is 1. The molecular weight excluding hydrogens is 355 g/mol. The number of hydrogen-bond donors (Lipinski definition) is 1. The van der Waals surface area contributed by atoms with Gasteiger partial charge in [-0.25, -0.2) is 4.39 Å². The molecule has 9 heteroatoms. The van der Waals surface area contributed by atoms with Gasteiger partial charge in [-0.1, -0.05) is 0 Å². The van der Waals surface area contributed by atoms with Gasteiger partial charge in [0.2, 0.25) is 5.91 Å². The van der Waals surface area contributed by atoms with Crippen LogP contribution in [-0.2, 0) is 11.3 Å². The number of rotatable bonds is 7. The van der Waals surface area contributed by atoms with Crippen molar-refractivity contribution in [3.8, 4) is 11.5 Å². The number of carbonyl (C=O) groups is 1. The highest BCUT2D eigenvalue weighted by molar-refractivity contribution is 5.78. The van der Waals surface area contributed by atoms with Gasteiger partial charge in [0.05, 0.1) is 17.5 Å². The molecule has 3 rings (SSSR count). The minimum Gasteiger partial charge on any atom is -0.454 e. The molecule has 2 heterocycles. The summed E-state index contributed by atoms with van der Waals surface area (Å²) in [4.78, 5) is 28.2. The van der Waals surface area contributed by atoms with Crippen molar-refractivity contribution in [3.05, 3.63) is 58.2 Å². The van der Waals surface area contributed by atoms with E-state index in [0.717, 1.165) is 38.1 Å². The van der Waals surface area contributed by atoms with Crippen LogP contribution in [0.4, 0.5) is 10.1 Å². The second kappa shape index (κ2) is 8.54. The number of carbonyl (C=O) groups excluding carboxylic acids is 1. The largest absolute Gasteiger partial charge is 0.454 e. The van der Waals surface area contributed by atoms with Gasteiger partial charge in [0.1, 0.15) is 5.75 Å². The molecule has 27 heavy (non-hydrogen) atoms. The maximum atomic E-state index is 14.0. The maximum absolute atomic E-state index is 14.0. The maximum Gasteiger partial charge on any atom is 0.272 e. The first-order chi connectivity index (χ1) is 13.0. The third-order valence-corrected chi connectivity index (χ3v) is 4.25. The van der Waals surface area contributed by atoms with Crippen molar-refractivity contribution in [2.24, 2.45) is 0 Å². The van der Waals surface area contributed by atoms with Crippen molar-refractivity contribution in [1.82, 2.24) is 15.2 Å². The van der Waals surface area contributed by atoms with Crippen LogP contribution in [0.15, 0.2) is 36.7 Å². The monoisotopic (exact) mass is 374 g/mol. The van der Waals surface area contributed by atoms with Gasteiger partial charge in [-0.05, 0) is 38.1 Å². The Morgan fingerprint density at radius 3 is 2.78 bits per heavy atom. The Morgan fingerprint density at radius 2 is 2.07 bits per heavy atom. The van der Waals surface area contributed by atoms with E-state index in [1.54, 1.807) is 6.07 Å². The number of ether oxygens (including phenoxy) is 1. The van der Waals surface area contributed by atoms with Gasteiger partial charge in [-0.15, -0.1) is 0 Å². The number of pyridine rings is 1. The zero-order valence-electron chi connectivity index (χ0n) is 14.6. The molecule has 8 nitrogen and oxygen atoms in total. The first-order valence-electron chi connectivity index (χ1n) is 8.56. The van der Waals surface area contributed by atoms with Crippen LogP contribution in [-0.4, -0.2) is 40.3 Å². The standard InChI is InChI=1S/C18H19FN4O4/c19-15-9-14(23(25)26)3-4-17(15)27-16-5-6-20-10-13(16)11-21-18(24)12-22-7-1-2-8-22/h3-6,9-10H,1-2,7-8,11-12H2,(H,21,24). The Morgan fingerprint density at radius 1 is 1.30 bits per heavy atom. The number of likely N-dealkylation sites (tertiary alicyclic amines) is 1. The number of nitrogens with zero attached hydrogens (tertiary/aromatic N) is 3. The summed E-state index contributed by atoms with van der Waals surface area (Å²) in [7, 11) is 0. The van der Waals surface area contributed by atoms with Crippen LogP contribution in [0.25, 0.3) is 0 Å². The topological polar surface area (TPSA) is 97.6 Å². The van der Waals surface area contributed by atoms with E-state index in [4.69, 9.17) is 4.74 Å². The molecule has 142 valence electrons. The quantitative estimate of drug-likeness (QED) is 0.591. The van der Waals surface area contributed by atoms with Gasteiger partial charge in [0.15, 0.2) is 11.6 Å². The van der Waals surface area contributed by atoms with Crippen molar-refractivity contribution in [1.29, 1.82) is 0 Å². The molecule has 0 saturated carbocycles. The highest BCUT2D eigenvalue weighted by Gasteiger charge is 2.16. The third kappa shape index (κ3) is 4.98. The van der Waals surface area contributed by atoms with Crippen molar-refractivity contribution < 1.29 is 18.8 Å². The molecule has 1 aromatic heterocycles. The summed E-state index contributed by atoms with van der Waals surface area (Å²) in [6, 6.07) is 4.71. The molecule has 1 N–H and O–H groups in total. The molecule has 0 unspecified atom stereocenters. The minimum absolute atomic E-state index is 0.104. The Balaban J connectivity index is 1.65. The highest BCUT2D eigenvalue weighted by Crippen LogP contribution is 2.29. The number of amides is 1. The lowest BCUT2D eigenvalue weighted by molar-refractivity contribution is -0.385. The first kappa shape index (κ1) is 18.7. The zero-order valence-corrected chi connectivity index (χ0v) is 14.6. The molecule has 1 aliphatic heterocycles. The van der Waals surface area contributed by atoms with E-state index in [2.05, 4.69) is 15.2 Å². The molecule has 0 aliphatic carbocycles. The van der Waals surface area contributed by atoms with Gasteiger partial charge in [0.25, 0.3) is 5.69 Å². The first-order valence-corrected chi connectivity index (χ1v) is 8.56. The van der Waals surface area contributed by atoms with Crippen LogP contribution >= 0.6 is 0 Å². The van der Waals surface area contributed by atoms with E-state index >= 15 is 0 Å². The molecule has 0 spiro atoms. The van der Waals surface area contributed by atoms with Gasteiger partial charge in [-0.2, -0.15) is 0 Å². The summed E-state index contributed by atoms with van der Waals surface area (Å²) in [6.45, 7) is 2.38. The van der Waals surface area contributed by atoms with Crippen molar-refractivity contribution in [3.63, 3.8) is 0 Å². The summed E-state index contributed by atoms with van der Waals surface area (Å²) in [5, 5.41) is 13.5. The summed E-state index contributed by atoms with van der Waals surface area (Å²) in [6.07, 6.45) is 5.21. The molecule has 1 aromatic carbocycles. The Kier molecular flexibility index (Phi) is 5.92. The minimum atomic E-state index is -0.843. The second-order valence-corrected chi connectivity index (χ2v) is 6.22. The van der Waals surface area contributed by atoms with E-state index in [0.29, 0.717) is 17.9 Å². The normalized spacial score (nSPS) is 14.1. The number of halogens is 1. The van der Waals surface area contributed by atoms with Crippen molar-refractivity contribution in [2.45, 2.75) is 19.4 Å². The predicted molar refractivity (Wildman–Crippen MR) is 94.9 cm³/mol. The number of non-ortho nitro benzene ring substituents is 1. The Hall–Kier alpha value is -3.07. The van der Waals surface area contributed by atoms with Gasteiger partial charge in [0, 0.05) is 30.6 Å². The predicted octanol–water partition coefficient (Wildman–Crippen LogP) is 2.63. The summed E-state index contributed by atoms with van der Waals surface area (Å²) >= 11 is 0. The lowest BCUT2D eigenvalue weighted by Crippen LogP contribution is -2.35. The Labute approximate surface area is 155 Å². The SMILES string of the molecule is O=C(CN1CCCC1)NCc1cnccc1Oc1ccc([N+](=O)[O-])cc1F. The average molecular weight is 374 g/mol. The number of aromatic nitrogens is 1. The zero-order chi connectivity index (χ0) is 19.2. The summed E-state index contributed by atoms with van der Waals surface area (Å²) < 4.78 is 19.6. The molecule has 1 saturated heterocycles. The van der Waals surface area contributed by atoms with Crippen LogP contribution in [0.3, 0.4) is 0 Å². The second-order valence-electron chi connectivity index (χ2n) is 6.22. The fourth-order valence-electron chi connectivity index (χ4n) is 2.84. The van der Waals surface area contributed by atoms with Crippen LogP contribution in [0.5, 0.6) is 11.5 Å². The highest BCUT2D eigenvalue weighted by atomic mass is 19.1. The molecule has 0 atom stereocenters. The average Bonchev–Trinajstić information content (AvgIpc) is 3.15. The van der Waals surface area contributed by atoms with Crippen LogP contribution in [0.1, 0.15) is 18.4 Å². The van der Waals surface area contributed by atoms with E-state index < -0.39 is 10.7 Å². The Bertz CT molecular complexity index is 840. The van der Waals surface area contributed by atoms with E-state index in [-0.39, 0.29) is 23.9 Å². The van der Waals surface area contributed by atoms with E-state index in [9.17, 15) is 19.3 Å². The van der Waals surface area contributed by atoms with Gasteiger partial charge in [-0.3, -0.25) is 24.8 Å². The van der Waals surface area contributed by atoms with Crippen LogP contribution < -0.4 is 10.1 Å². The number of nitrogens with one attached hydrogen (secondary N) is 1. The molecule has 1 aliphatic rings. The molecular formula is C18H19FN4O4. The lowest BCUT2D eigenvalue weighted by Gasteiger charge is -2.15. The number of nitro benzene ring substituents is 1. The smallest absolute Gasteiger partial charge is 0.272 e.